The first-order chi connectivity index (χ1) is 9.49. The van der Waals surface area contributed by atoms with E-state index in [-0.39, 0.29) is 5.41 Å². The number of hydrogen-bond donors (Lipinski definition) is 1. The van der Waals surface area contributed by atoms with Gasteiger partial charge in [0.05, 0.1) is 0 Å². The van der Waals surface area contributed by atoms with Crippen LogP contribution in [0.2, 0.25) is 0 Å². The molecule has 1 saturated carbocycles. The van der Waals surface area contributed by atoms with E-state index < -0.39 is 0 Å². The summed E-state index contributed by atoms with van der Waals surface area (Å²) in [5.41, 5.74) is -0.0750. The first-order valence-corrected chi connectivity index (χ1v) is 7.73. The molecule has 0 saturated heterocycles. The smallest absolute Gasteiger partial charge is 0.219 e. The molecule has 112 valence electrons. The zero-order chi connectivity index (χ0) is 14.6. The summed E-state index contributed by atoms with van der Waals surface area (Å²) in [6.45, 7) is 6.37. The van der Waals surface area contributed by atoms with Gasteiger partial charge in [-0.2, -0.15) is 4.98 Å². The molecule has 4 nitrogen and oxygen atoms in total. The summed E-state index contributed by atoms with van der Waals surface area (Å²) >= 11 is 0. The van der Waals surface area contributed by atoms with Crippen LogP contribution in [0.1, 0.15) is 65.1 Å². The lowest BCUT2D eigenvalue weighted by Gasteiger charge is -2.21. The summed E-state index contributed by atoms with van der Waals surface area (Å²) in [4.78, 5) is 9.14. The average Bonchev–Trinajstić information content (AvgIpc) is 2.66. The molecule has 0 atom stereocenters. The molecule has 4 heteroatoms. The van der Waals surface area contributed by atoms with E-state index in [0.29, 0.717) is 12.0 Å². The summed E-state index contributed by atoms with van der Waals surface area (Å²) in [5.74, 6) is 2.36. The van der Waals surface area contributed by atoms with E-state index in [1.807, 2.05) is 13.1 Å². The molecule has 0 amide bonds. The van der Waals surface area contributed by atoms with Gasteiger partial charge in [0.25, 0.3) is 0 Å². The van der Waals surface area contributed by atoms with Crippen molar-refractivity contribution in [1.82, 2.24) is 9.97 Å². The van der Waals surface area contributed by atoms with Gasteiger partial charge >= 0.3 is 0 Å². The minimum absolute atomic E-state index is 0.0750. The number of aromatic nitrogens is 2. The number of nitrogens with one attached hydrogen (secondary N) is 1. The van der Waals surface area contributed by atoms with Crippen LogP contribution in [-0.2, 0) is 5.41 Å². The lowest BCUT2D eigenvalue weighted by Crippen LogP contribution is -2.20. The van der Waals surface area contributed by atoms with Crippen molar-refractivity contribution in [1.29, 1.82) is 0 Å². The SMILES string of the molecule is CNc1cc(OC2CCCCCC2)nc(C(C)(C)C)n1. The van der Waals surface area contributed by atoms with Gasteiger partial charge in [-0.15, -0.1) is 0 Å². The number of hydrogen-bond acceptors (Lipinski definition) is 4. The Hall–Kier alpha value is -1.32. The molecule has 0 spiro atoms. The van der Waals surface area contributed by atoms with Crippen molar-refractivity contribution in [3.63, 3.8) is 0 Å². The van der Waals surface area contributed by atoms with Crippen molar-refractivity contribution in [2.45, 2.75) is 70.8 Å². The fraction of sp³-hybridized carbons (Fsp3) is 0.750. The highest BCUT2D eigenvalue weighted by atomic mass is 16.5. The molecule has 0 bridgehead atoms. The minimum Gasteiger partial charge on any atom is -0.474 e. The Balaban J connectivity index is 2.17. The van der Waals surface area contributed by atoms with Gasteiger partial charge in [-0.25, -0.2) is 4.98 Å². The van der Waals surface area contributed by atoms with Crippen LogP contribution in [0, 0.1) is 0 Å². The molecule has 0 aromatic carbocycles. The molecular weight excluding hydrogens is 250 g/mol. The predicted octanol–water partition coefficient (Wildman–Crippen LogP) is 3.92. The van der Waals surface area contributed by atoms with E-state index >= 15 is 0 Å². The Morgan fingerprint density at radius 2 is 1.75 bits per heavy atom. The molecule has 1 aromatic rings. The fourth-order valence-corrected chi connectivity index (χ4v) is 2.48. The van der Waals surface area contributed by atoms with Crippen LogP contribution >= 0.6 is 0 Å². The molecule has 0 unspecified atom stereocenters. The lowest BCUT2D eigenvalue weighted by atomic mass is 9.96. The maximum Gasteiger partial charge on any atom is 0.219 e. The molecular formula is C16H27N3O. The van der Waals surface area contributed by atoms with Crippen LogP contribution in [0.25, 0.3) is 0 Å². The van der Waals surface area contributed by atoms with Crippen molar-refractivity contribution in [3.8, 4) is 5.88 Å². The number of anilines is 1. The second-order valence-corrected chi connectivity index (χ2v) is 6.65. The van der Waals surface area contributed by atoms with Gasteiger partial charge in [-0.05, 0) is 25.7 Å². The zero-order valence-electron chi connectivity index (χ0n) is 13.2. The topological polar surface area (TPSA) is 47.0 Å². The second kappa shape index (κ2) is 6.42. The van der Waals surface area contributed by atoms with Crippen molar-refractivity contribution in [2.75, 3.05) is 12.4 Å². The van der Waals surface area contributed by atoms with Crippen LogP contribution in [0.15, 0.2) is 6.07 Å². The molecule has 0 aliphatic heterocycles. The molecule has 20 heavy (non-hydrogen) atoms. The third kappa shape index (κ3) is 4.09. The number of rotatable bonds is 3. The van der Waals surface area contributed by atoms with Gasteiger partial charge in [-0.1, -0.05) is 33.6 Å². The first kappa shape index (κ1) is 15.1. The second-order valence-electron chi connectivity index (χ2n) is 6.65. The largest absolute Gasteiger partial charge is 0.474 e. The quantitative estimate of drug-likeness (QED) is 0.851. The van der Waals surface area contributed by atoms with Crippen LogP contribution < -0.4 is 10.1 Å². The van der Waals surface area contributed by atoms with Crippen LogP contribution in [0.5, 0.6) is 5.88 Å². The van der Waals surface area contributed by atoms with Crippen molar-refractivity contribution in [3.05, 3.63) is 11.9 Å². The van der Waals surface area contributed by atoms with Gasteiger partial charge in [0.2, 0.25) is 5.88 Å². The summed E-state index contributed by atoms with van der Waals surface area (Å²) in [5, 5.41) is 3.10. The Bertz CT molecular complexity index is 432. The highest BCUT2D eigenvalue weighted by Gasteiger charge is 2.21. The van der Waals surface area contributed by atoms with Gasteiger partial charge in [-0.3, -0.25) is 0 Å². The Labute approximate surface area is 122 Å². The maximum atomic E-state index is 6.12. The first-order valence-electron chi connectivity index (χ1n) is 7.73. The number of nitrogens with zero attached hydrogens (tertiary/aromatic N) is 2. The van der Waals surface area contributed by atoms with E-state index in [4.69, 9.17) is 4.74 Å². The predicted molar refractivity (Wildman–Crippen MR) is 82.4 cm³/mol. The van der Waals surface area contributed by atoms with Crippen LogP contribution in [0.4, 0.5) is 5.82 Å². The van der Waals surface area contributed by atoms with E-state index in [0.717, 1.165) is 24.5 Å². The van der Waals surface area contributed by atoms with E-state index in [1.165, 1.54) is 25.7 Å². The normalized spacial score (nSPS) is 17.6. The van der Waals surface area contributed by atoms with Crippen molar-refractivity contribution >= 4 is 5.82 Å². The molecule has 2 rings (SSSR count). The standard InChI is InChI=1S/C16H27N3O/c1-16(2,3)15-18-13(17-4)11-14(19-15)20-12-9-7-5-6-8-10-12/h11-12H,5-10H2,1-4H3,(H,17,18,19). The monoisotopic (exact) mass is 277 g/mol. The maximum absolute atomic E-state index is 6.12. The summed E-state index contributed by atoms with van der Waals surface area (Å²) < 4.78 is 6.12. The average molecular weight is 277 g/mol. The van der Waals surface area contributed by atoms with E-state index in [9.17, 15) is 0 Å². The highest BCUT2D eigenvalue weighted by Crippen LogP contribution is 2.26. The molecule has 0 radical (unpaired) electrons. The molecule has 1 heterocycles. The fourth-order valence-electron chi connectivity index (χ4n) is 2.48. The molecule has 1 fully saturated rings. The van der Waals surface area contributed by atoms with Crippen molar-refractivity contribution < 1.29 is 4.74 Å². The van der Waals surface area contributed by atoms with Crippen LogP contribution in [0.3, 0.4) is 0 Å². The minimum atomic E-state index is -0.0750. The highest BCUT2D eigenvalue weighted by molar-refractivity contribution is 5.38. The summed E-state index contributed by atoms with van der Waals surface area (Å²) in [6.07, 6.45) is 7.79. The van der Waals surface area contributed by atoms with Gasteiger partial charge in [0.15, 0.2) is 0 Å². The summed E-state index contributed by atoms with van der Waals surface area (Å²) in [7, 11) is 1.88. The van der Waals surface area contributed by atoms with Crippen LogP contribution in [-0.4, -0.2) is 23.1 Å². The molecule has 1 aliphatic carbocycles. The Morgan fingerprint density at radius 1 is 1.10 bits per heavy atom. The van der Waals surface area contributed by atoms with Crippen molar-refractivity contribution in [2.24, 2.45) is 0 Å². The van der Waals surface area contributed by atoms with Gasteiger partial charge in [0.1, 0.15) is 17.7 Å². The molecule has 1 aromatic heterocycles. The van der Waals surface area contributed by atoms with Gasteiger partial charge < -0.3 is 10.1 Å². The molecule has 1 N–H and O–H groups in total. The van der Waals surface area contributed by atoms with E-state index in [1.54, 1.807) is 0 Å². The zero-order valence-corrected chi connectivity index (χ0v) is 13.2. The summed E-state index contributed by atoms with van der Waals surface area (Å²) in [6, 6.07) is 1.90. The molecule has 1 aliphatic rings. The third-order valence-corrected chi connectivity index (χ3v) is 3.72. The third-order valence-electron chi connectivity index (χ3n) is 3.72. The Morgan fingerprint density at radius 3 is 2.30 bits per heavy atom. The Kier molecular flexibility index (Phi) is 4.84. The van der Waals surface area contributed by atoms with Gasteiger partial charge in [0, 0.05) is 18.5 Å². The van der Waals surface area contributed by atoms with E-state index in [2.05, 4.69) is 36.1 Å². The number of ether oxygens (including phenoxy) is 1. The lowest BCUT2D eigenvalue weighted by molar-refractivity contribution is 0.175.